The first-order valence-corrected chi connectivity index (χ1v) is 7.34. The van der Waals surface area contributed by atoms with E-state index >= 15 is 0 Å². The Labute approximate surface area is 135 Å². The number of benzene rings is 1. The molecule has 23 heavy (non-hydrogen) atoms. The zero-order valence-electron chi connectivity index (χ0n) is 13.1. The highest BCUT2D eigenvalue weighted by Gasteiger charge is 2.13. The molecule has 0 bridgehead atoms. The van der Waals surface area contributed by atoms with Gasteiger partial charge in [-0.25, -0.2) is 0 Å². The maximum Gasteiger partial charge on any atom is 0.246 e. The number of ether oxygens (including phenoxy) is 1. The maximum absolute atomic E-state index is 12.4. The van der Waals surface area contributed by atoms with E-state index in [4.69, 9.17) is 4.74 Å². The zero-order chi connectivity index (χ0) is 16.5. The monoisotopic (exact) mass is 312 g/mol. The highest BCUT2D eigenvalue weighted by molar-refractivity contribution is 5.91. The number of aromatic nitrogens is 1. The van der Waals surface area contributed by atoms with E-state index < -0.39 is 0 Å². The van der Waals surface area contributed by atoms with Gasteiger partial charge in [0, 0.05) is 37.1 Å². The molecule has 0 fully saturated rings. The molecule has 5 nitrogen and oxygen atoms in total. The van der Waals surface area contributed by atoms with Gasteiger partial charge in [-0.3, -0.25) is 9.78 Å². The molecule has 0 radical (unpaired) electrons. The quantitative estimate of drug-likeness (QED) is 0.796. The Morgan fingerprint density at radius 3 is 2.83 bits per heavy atom. The predicted molar refractivity (Wildman–Crippen MR) is 88.8 cm³/mol. The molecule has 0 aliphatic heterocycles. The number of nitrogens with zero attached hydrogens (tertiary/aromatic N) is 2. The van der Waals surface area contributed by atoms with Crippen molar-refractivity contribution in [2.45, 2.75) is 6.54 Å². The predicted octanol–water partition coefficient (Wildman–Crippen LogP) is 2.12. The van der Waals surface area contributed by atoms with E-state index in [1.54, 1.807) is 30.5 Å². The number of rotatable bonds is 7. The minimum Gasteiger partial charge on any atom is -0.496 e. The Hall–Kier alpha value is -2.66. The third-order valence-corrected chi connectivity index (χ3v) is 3.34. The van der Waals surface area contributed by atoms with Crippen molar-refractivity contribution in [3.8, 4) is 5.75 Å². The number of carbonyl (C=O) groups is 1. The number of pyridine rings is 1. The van der Waals surface area contributed by atoms with Crippen LogP contribution in [0.25, 0.3) is 6.08 Å². The summed E-state index contributed by atoms with van der Waals surface area (Å²) in [5.41, 5.74) is 1.74. The highest BCUT2D eigenvalue weighted by Crippen LogP contribution is 2.19. The average molecular weight is 312 g/mol. The molecular formula is C18H20N2O3. The molecule has 1 N–H and O–H groups in total. The Kier molecular flexibility index (Phi) is 6.32. The van der Waals surface area contributed by atoms with E-state index in [2.05, 4.69) is 4.98 Å². The fraction of sp³-hybridized carbons (Fsp3) is 0.222. The second-order valence-corrected chi connectivity index (χ2v) is 4.91. The van der Waals surface area contributed by atoms with Crippen LogP contribution in [0, 0.1) is 0 Å². The summed E-state index contributed by atoms with van der Waals surface area (Å²) in [5.74, 6) is 0.549. The van der Waals surface area contributed by atoms with Gasteiger partial charge in [0.2, 0.25) is 5.91 Å². The summed E-state index contributed by atoms with van der Waals surface area (Å²) < 4.78 is 5.31. The normalized spacial score (nSPS) is 10.7. The number of aliphatic hydroxyl groups is 1. The van der Waals surface area contributed by atoms with Crippen molar-refractivity contribution in [1.82, 2.24) is 9.88 Å². The number of hydrogen-bond donors (Lipinski definition) is 1. The number of aliphatic hydroxyl groups excluding tert-OH is 1. The fourth-order valence-corrected chi connectivity index (χ4v) is 2.17. The lowest BCUT2D eigenvalue weighted by Gasteiger charge is -2.21. The van der Waals surface area contributed by atoms with Crippen LogP contribution in [-0.2, 0) is 11.3 Å². The molecule has 0 atom stereocenters. The number of amides is 1. The van der Waals surface area contributed by atoms with Crippen molar-refractivity contribution < 1.29 is 14.6 Å². The first-order valence-electron chi connectivity index (χ1n) is 7.34. The minimum absolute atomic E-state index is 0.0956. The van der Waals surface area contributed by atoms with E-state index in [0.29, 0.717) is 6.54 Å². The first-order chi connectivity index (χ1) is 11.2. The molecule has 0 saturated carbocycles. The average Bonchev–Trinajstić information content (AvgIpc) is 2.60. The van der Waals surface area contributed by atoms with Crippen LogP contribution in [-0.4, -0.2) is 41.2 Å². The lowest BCUT2D eigenvalue weighted by atomic mass is 10.2. The van der Waals surface area contributed by atoms with E-state index in [0.717, 1.165) is 16.9 Å². The van der Waals surface area contributed by atoms with Crippen molar-refractivity contribution in [3.63, 3.8) is 0 Å². The Morgan fingerprint density at radius 1 is 1.30 bits per heavy atom. The van der Waals surface area contributed by atoms with Crippen molar-refractivity contribution in [2.24, 2.45) is 0 Å². The van der Waals surface area contributed by atoms with Crippen LogP contribution in [0.1, 0.15) is 11.1 Å². The molecule has 1 amide bonds. The van der Waals surface area contributed by atoms with Gasteiger partial charge in [-0.1, -0.05) is 24.3 Å². The van der Waals surface area contributed by atoms with Crippen molar-refractivity contribution in [1.29, 1.82) is 0 Å². The molecule has 1 aromatic heterocycles. The van der Waals surface area contributed by atoms with E-state index in [1.807, 2.05) is 36.4 Å². The topological polar surface area (TPSA) is 62.7 Å². The molecule has 0 aliphatic carbocycles. The Balaban J connectivity index is 2.11. The van der Waals surface area contributed by atoms with Gasteiger partial charge in [0.05, 0.1) is 13.7 Å². The van der Waals surface area contributed by atoms with Crippen LogP contribution in [0.2, 0.25) is 0 Å². The van der Waals surface area contributed by atoms with Crippen LogP contribution >= 0.6 is 0 Å². The molecule has 1 heterocycles. The van der Waals surface area contributed by atoms with Crippen LogP contribution in [0.4, 0.5) is 0 Å². The zero-order valence-corrected chi connectivity index (χ0v) is 13.1. The van der Waals surface area contributed by atoms with Gasteiger partial charge in [-0.15, -0.1) is 0 Å². The summed E-state index contributed by atoms with van der Waals surface area (Å²) in [6, 6.07) is 11.2. The SMILES string of the molecule is COc1ccccc1CN(CCO)C(=O)/C=C/c1cccnc1. The Morgan fingerprint density at radius 2 is 2.13 bits per heavy atom. The smallest absolute Gasteiger partial charge is 0.246 e. The van der Waals surface area contributed by atoms with Gasteiger partial charge in [-0.2, -0.15) is 0 Å². The second-order valence-electron chi connectivity index (χ2n) is 4.91. The molecule has 0 aliphatic rings. The van der Waals surface area contributed by atoms with Gasteiger partial charge in [0.1, 0.15) is 5.75 Å². The minimum atomic E-state index is -0.172. The molecule has 2 rings (SSSR count). The van der Waals surface area contributed by atoms with Gasteiger partial charge in [-0.05, 0) is 23.8 Å². The van der Waals surface area contributed by atoms with Crippen molar-refractivity contribution in [3.05, 3.63) is 66.0 Å². The lowest BCUT2D eigenvalue weighted by molar-refractivity contribution is -0.127. The molecule has 2 aromatic rings. The molecule has 5 heteroatoms. The summed E-state index contributed by atoms with van der Waals surface area (Å²) in [6.07, 6.45) is 6.56. The standard InChI is InChI=1S/C18H20N2O3/c1-23-17-7-3-2-6-16(17)14-20(11-12-21)18(22)9-8-15-5-4-10-19-13-15/h2-10,13,21H,11-12,14H2,1H3/b9-8+. The maximum atomic E-state index is 12.4. The summed E-state index contributed by atoms with van der Waals surface area (Å²) >= 11 is 0. The summed E-state index contributed by atoms with van der Waals surface area (Å²) in [5, 5.41) is 9.22. The van der Waals surface area contributed by atoms with Crippen LogP contribution in [0.15, 0.2) is 54.9 Å². The number of para-hydroxylation sites is 1. The van der Waals surface area contributed by atoms with Gasteiger partial charge < -0.3 is 14.7 Å². The fourth-order valence-electron chi connectivity index (χ4n) is 2.17. The molecule has 120 valence electrons. The van der Waals surface area contributed by atoms with Crippen LogP contribution in [0.5, 0.6) is 5.75 Å². The summed E-state index contributed by atoms with van der Waals surface area (Å²) in [6.45, 7) is 0.538. The summed E-state index contributed by atoms with van der Waals surface area (Å²) in [4.78, 5) is 18.0. The third-order valence-electron chi connectivity index (χ3n) is 3.34. The largest absolute Gasteiger partial charge is 0.496 e. The van der Waals surface area contributed by atoms with Crippen molar-refractivity contribution >= 4 is 12.0 Å². The van der Waals surface area contributed by atoms with Crippen LogP contribution < -0.4 is 4.74 Å². The highest BCUT2D eigenvalue weighted by atomic mass is 16.5. The lowest BCUT2D eigenvalue weighted by Crippen LogP contribution is -2.31. The Bertz CT molecular complexity index is 656. The van der Waals surface area contributed by atoms with Crippen molar-refractivity contribution in [2.75, 3.05) is 20.3 Å². The molecule has 1 aromatic carbocycles. The number of hydrogen-bond acceptors (Lipinski definition) is 4. The van der Waals surface area contributed by atoms with Crippen LogP contribution in [0.3, 0.4) is 0 Å². The van der Waals surface area contributed by atoms with Gasteiger partial charge in [0.15, 0.2) is 0 Å². The molecular weight excluding hydrogens is 292 g/mol. The van der Waals surface area contributed by atoms with E-state index in [-0.39, 0.29) is 19.1 Å². The first kappa shape index (κ1) is 16.7. The van der Waals surface area contributed by atoms with E-state index in [9.17, 15) is 9.90 Å². The molecule has 0 saturated heterocycles. The van der Waals surface area contributed by atoms with E-state index in [1.165, 1.54) is 6.08 Å². The van der Waals surface area contributed by atoms with Gasteiger partial charge in [0.25, 0.3) is 0 Å². The summed E-state index contributed by atoms with van der Waals surface area (Å²) in [7, 11) is 1.60. The number of carbonyl (C=O) groups excluding carboxylic acids is 1. The molecule has 0 unspecified atom stereocenters. The number of methoxy groups -OCH3 is 1. The third kappa shape index (κ3) is 4.93. The second kappa shape index (κ2) is 8.70. The van der Waals surface area contributed by atoms with Gasteiger partial charge >= 0.3 is 0 Å². The molecule has 0 spiro atoms.